The number of carbonyl (C=O) groups is 1. The van der Waals surface area contributed by atoms with E-state index in [2.05, 4.69) is 10.3 Å². The number of piperidine rings is 1. The van der Waals surface area contributed by atoms with E-state index in [0.717, 1.165) is 19.5 Å². The zero-order chi connectivity index (χ0) is 11.9. The first kappa shape index (κ1) is 14.9. The first-order valence-corrected chi connectivity index (χ1v) is 6.14. The number of rotatable bonds is 4. The zero-order valence-electron chi connectivity index (χ0n) is 10.3. The predicted molar refractivity (Wildman–Crippen MR) is 72.0 cm³/mol. The number of nitrogens with zero attached hydrogens (tertiary/aromatic N) is 1. The molecule has 1 fully saturated rings. The van der Waals surface area contributed by atoms with Gasteiger partial charge in [0, 0.05) is 12.4 Å². The van der Waals surface area contributed by atoms with E-state index in [9.17, 15) is 4.79 Å². The molecule has 0 bridgehead atoms. The fraction of sp³-hybridized carbons (Fsp3) is 0.538. The number of pyridine rings is 1. The Bertz CT molecular complexity index is 353. The van der Waals surface area contributed by atoms with Gasteiger partial charge in [0.15, 0.2) is 0 Å². The third-order valence-corrected chi connectivity index (χ3v) is 3.13. The summed E-state index contributed by atoms with van der Waals surface area (Å²) in [6.45, 7) is 2.69. The Labute approximate surface area is 114 Å². The van der Waals surface area contributed by atoms with E-state index in [1.54, 1.807) is 24.5 Å². The molecule has 1 aliphatic heterocycles. The summed E-state index contributed by atoms with van der Waals surface area (Å²) >= 11 is 0. The molecule has 2 heterocycles. The highest BCUT2D eigenvalue weighted by atomic mass is 35.5. The Balaban J connectivity index is 0.00000162. The molecule has 5 heteroatoms. The van der Waals surface area contributed by atoms with Crippen molar-refractivity contribution in [3.05, 3.63) is 30.1 Å². The summed E-state index contributed by atoms with van der Waals surface area (Å²) in [7, 11) is 0. The van der Waals surface area contributed by atoms with Gasteiger partial charge in [0.25, 0.3) is 0 Å². The van der Waals surface area contributed by atoms with Crippen molar-refractivity contribution in [1.82, 2.24) is 10.3 Å². The van der Waals surface area contributed by atoms with E-state index in [-0.39, 0.29) is 18.4 Å². The van der Waals surface area contributed by atoms with Crippen molar-refractivity contribution in [3.63, 3.8) is 0 Å². The van der Waals surface area contributed by atoms with Crippen LogP contribution in [-0.2, 0) is 4.74 Å². The number of aromatic nitrogens is 1. The number of halogens is 1. The summed E-state index contributed by atoms with van der Waals surface area (Å²) in [4.78, 5) is 15.5. The first-order valence-electron chi connectivity index (χ1n) is 6.14. The van der Waals surface area contributed by atoms with Crippen LogP contribution in [0.5, 0.6) is 0 Å². The topological polar surface area (TPSA) is 51.2 Å². The minimum Gasteiger partial charge on any atom is -0.462 e. The molecule has 0 aliphatic carbocycles. The van der Waals surface area contributed by atoms with Gasteiger partial charge in [0.05, 0.1) is 12.2 Å². The highest BCUT2D eigenvalue weighted by Gasteiger charge is 2.14. The van der Waals surface area contributed by atoms with E-state index in [0.29, 0.717) is 18.1 Å². The summed E-state index contributed by atoms with van der Waals surface area (Å²) in [5.74, 6) is 0.447. The molecule has 0 unspecified atom stereocenters. The Kier molecular flexibility index (Phi) is 6.68. The van der Waals surface area contributed by atoms with Crippen molar-refractivity contribution in [2.24, 2.45) is 5.92 Å². The van der Waals surface area contributed by atoms with Crippen LogP contribution in [0.25, 0.3) is 0 Å². The minimum absolute atomic E-state index is 0. The van der Waals surface area contributed by atoms with E-state index >= 15 is 0 Å². The van der Waals surface area contributed by atoms with Gasteiger partial charge < -0.3 is 10.1 Å². The Morgan fingerprint density at radius 2 is 2.00 bits per heavy atom. The molecule has 0 amide bonds. The van der Waals surface area contributed by atoms with Crippen LogP contribution in [0.15, 0.2) is 24.5 Å². The van der Waals surface area contributed by atoms with Crippen molar-refractivity contribution >= 4 is 18.4 Å². The number of nitrogens with one attached hydrogen (secondary N) is 1. The smallest absolute Gasteiger partial charge is 0.338 e. The summed E-state index contributed by atoms with van der Waals surface area (Å²) in [5.41, 5.74) is 0.574. The molecule has 0 saturated carbocycles. The standard InChI is InChI=1S/C13H18N2O2.ClH/c16-13(12-3-8-15-9-4-12)17-10-5-11-1-6-14-7-2-11;/h3-4,8-9,11,14H,1-2,5-7,10H2;1H. The van der Waals surface area contributed by atoms with Crippen LogP contribution in [-0.4, -0.2) is 30.6 Å². The zero-order valence-corrected chi connectivity index (χ0v) is 11.1. The van der Waals surface area contributed by atoms with Crippen LogP contribution in [0.2, 0.25) is 0 Å². The lowest BCUT2D eigenvalue weighted by molar-refractivity contribution is 0.0476. The van der Waals surface area contributed by atoms with E-state index in [4.69, 9.17) is 4.74 Å². The third-order valence-electron chi connectivity index (χ3n) is 3.13. The molecular formula is C13H19ClN2O2. The summed E-state index contributed by atoms with van der Waals surface area (Å²) in [6, 6.07) is 3.35. The predicted octanol–water partition coefficient (Wildman–Crippen LogP) is 2.05. The van der Waals surface area contributed by atoms with Crippen LogP contribution in [0, 0.1) is 5.92 Å². The number of carbonyl (C=O) groups excluding carboxylic acids is 1. The molecule has 1 aromatic heterocycles. The van der Waals surface area contributed by atoms with Gasteiger partial charge in [-0.3, -0.25) is 4.98 Å². The Morgan fingerprint density at radius 1 is 1.33 bits per heavy atom. The summed E-state index contributed by atoms with van der Waals surface area (Å²) < 4.78 is 5.24. The first-order chi connectivity index (χ1) is 8.36. The second-order valence-electron chi connectivity index (χ2n) is 4.35. The van der Waals surface area contributed by atoms with Gasteiger partial charge in [-0.05, 0) is 50.4 Å². The van der Waals surface area contributed by atoms with Gasteiger partial charge in [-0.1, -0.05) is 0 Å². The summed E-state index contributed by atoms with van der Waals surface area (Å²) in [5, 5.41) is 3.33. The lowest BCUT2D eigenvalue weighted by atomic mass is 9.95. The third kappa shape index (κ3) is 4.63. The normalized spacial score (nSPS) is 15.8. The fourth-order valence-electron chi connectivity index (χ4n) is 2.06. The fourth-order valence-corrected chi connectivity index (χ4v) is 2.06. The highest BCUT2D eigenvalue weighted by Crippen LogP contribution is 2.15. The quantitative estimate of drug-likeness (QED) is 0.851. The number of hydrogen-bond acceptors (Lipinski definition) is 4. The van der Waals surface area contributed by atoms with Gasteiger partial charge in [0.2, 0.25) is 0 Å². The average molecular weight is 271 g/mol. The Hall–Kier alpha value is -1.13. The van der Waals surface area contributed by atoms with Gasteiger partial charge in [-0.2, -0.15) is 0 Å². The summed E-state index contributed by atoms with van der Waals surface area (Å²) in [6.07, 6.45) is 6.55. The molecule has 4 nitrogen and oxygen atoms in total. The molecule has 18 heavy (non-hydrogen) atoms. The van der Waals surface area contributed by atoms with Crippen LogP contribution in [0.1, 0.15) is 29.6 Å². The molecule has 1 saturated heterocycles. The van der Waals surface area contributed by atoms with Crippen LogP contribution in [0.3, 0.4) is 0 Å². The molecule has 0 radical (unpaired) electrons. The van der Waals surface area contributed by atoms with Gasteiger partial charge >= 0.3 is 5.97 Å². The largest absolute Gasteiger partial charge is 0.462 e. The van der Waals surface area contributed by atoms with Crippen molar-refractivity contribution in [1.29, 1.82) is 0 Å². The van der Waals surface area contributed by atoms with Crippen molar-refractivity contribution < 1.29 is 9.53 Å². The molecule has 100 valence electrons. The number of ether oxygens (including phenoxy) is 1. The molecular weight excluding hydrogens is 252 g/mol. The number of hydrogen-bond donors (Lipinski definition) is 1. The van der Waals surface area contributed by atoms with E-state index in [1.807, 2.05) is 0 Å². The maximum absolute atomic E-state index is 11.6. The lowest BCUT2D eigenvalue weighted by Gasteiger charge is -2.22. The molecule has 0 aromatic carbocycles. The Morgan fingerprint density at radius 3 is 2.67 bits per heavy atom. The van der Waals surface area contributed by atoms with E-state index in [1.165, 1.54) is 12.8 Å². The van der Waals surface area contributed by atoms with Crippen LogP contribution >= 0.6 is 12.4 Å². The SMILES string of the molecule is Cl.O=C(OCCC1CCNCC1)c1ccncc1. The molecule has 0 atom stereocenters. The highest BCUT2D eigenvalue weighted by molar-refractivity contribution is 5.89. The molecule has 1 aromatic rings. The maximum Gasteiger partial charge on any atom is 0.338 e. The second kappa shape index (κ2) is 8.06. The minimum atomic E-state index is -0.249. The van der Waals surface area contributed by atoms with Gasteiger partial charge in [0.1, 0.15) is 0 Å². The molecule has 2 rings (SSSR count). The average Bonchev–Trinajstić information content (AvgIpc) is 2.41. The van der Waals surface area contributed by atoms with Crippen LogP contribution in [0.4, 0.5) is 0 Å². The van der Waals surface area contributed by atoms with E-state index < -0.39 is 0 Å². The molecule has 0 spiro atoms. The van der Waals surface area contributed by atoms with Gasteiger partial charge in [-0.15, -0.1) is 12.4 Å². The monoisotopic (exact) mass is 270 g/mol. The second-order valence-corrected chi connectivity index (χ2v) is 4.35. The van der Waals surface area contributed by atoms with Crippen molar-refractivity contribution in [3.8, 4) is 0 Å². The molecule has 1 N–H and O–H groups in total. The molecule has 1 aliphatic rings. The van der Waals surface area contributed by atoms with Crippen molar-refractivity contribution in [2.45, 2.75) is 19.3 Å². The lowest BCUT2D eigenvalue weighted by Crippen LogP contribution is -2.28. The van der Waals surface area contributed by atoms with Crippen LogP contribution < -0.4 is 5.32 Å². The maximum atomic E-state index is 11.6. The van der Waals surface area contributed by atoms with Crippen molar-refractivity contribution in [2.75, 3.05) is 19.7 Å². The van der Waals surface area contributed by atoms with Gasteiger partial charge in [-0.25, -0.2) is 4.79 Å². The number of esters is 1.